The summed E-state index contributed by atoms with van der Waals surface area (Å²) in [6, 6.07) is 31.5. The maximum atomic E-state index is 12.4. The van der Waals surface area contributed by atoms with E-state index in [2.05, 4.69) is 22.0 Å². The summed E-state index contributed by atoms with van der Waals surface area (Å²) in [5, 5.41) is 10.2. The zero-order valence-electron chi connectivity index (χ0n) is 20.1. The molecule has 0 saturated carbocycles. The minimum Gasteiger partial charge on any atom is -0.504 e. The summed E-state index contributed by atoms with van der Waals surface area (Å²) in [5.74, 6) is -1.61. The van der Waals surface area contributed by atoms with Crippen molar-refractivity contribution >= 4 is 17.1 Å². The highest BCUT2D eigenvalue weighted by Gasteiger charge is 2.25. The Balaban J connectivity index is 1.43. The highest BCUT2D eigenvalue weighted by atomic mass is 16.3. The molecular weight excluding hydrogens is 462 g/mol. The molecule has 0 spiro atoms. The second kappa shape index (κ2) is 10.9. The topological polar surface area (TPSA) is 83.4 Å². The van der Waals surface area contributed by atoms with Crippen LogP contribution < -0.4 is 0 Å². The molecule has 2 aromatic carbocycles. The Morgan fingerprint density at radius 2 is 1.16 bits per heavy atom. The van der Waals surface area contributed by atoms with Crippen LogP contribution >= 0.6 is 0 Å². The van der Waals surface area contributed by atoms with Crippen molar-refractivity contribution in [1.29, 1.82) is 0 Å². The fourth-order valence-corrected chi connectivity index (χ4v) is 4.31. The summed E-state index contributed by atoms with van der Waals surface area (Å²) in [7, 11) is 0. The standard InChI is InChI=1S/C31H25N3O3/c35-28-17-18-29(36)31(37)30(28)27-16-8-14-25(33-27)21-34(19-22-9-3-1-4-10-22)20-24-13-7-15-26(32-24)23-11-5-2-6-12-23/h1-18,37H,19-21H2. The molecule has 2 aromatic heterocycles. The third kappa shape index (κ3) is 5.77. The first kappa shape index (κ1) is 24.0. The van der Waals surface area contributed by atoms with E-state index in [1.807, 2.05) is 72.8 Å². The van der Waals surface area contributed by atoms with Crippen LogP contribution in [0.4, 0.5) is 0 Å². The molecule has 0 saturated heterocycles. The van der Waals surface area contributed by atoms with Gasteiger partial charge in [0.2, 0.25) is 5.78 Å². The minimum absolute atomic E-state index is 0.0683. The number of hydrogen-bond acceptors (Lipinski definition) is 6. The van der Waals surface area contributed by atoms with Gasteiger partial charge in [-0.1, -0.05) is 72.8 Å². The molecule has 1 aliphatic rings. The Morgan fingerprint density at radius 1 is 0.595 bits per heavy atom. The van der Waals surface area contributed by atoms with Crippen LogP contribution in [0, 0.1) is 0 Å². The second-order valence-corrected chi connectivity index (χ2v) is 8.81. The molecule has 0 aliphatic heterocycles. The molecular formula is C31H25N3O3. The lowest BCUT2D eigenvalue weighted by Gasteiger charge is -2.22. The third-order valence-corrected chi connectivity index (χ3v) is 6.06. The number of aliphatic hydroxyl groups excluding tert-OH is 1. The Labute approximate surface area is 215 Å². The smallest absolute Gasteiger partial charge is 0.221 e. The van der Waals surface area contributed by atoms with E-state index in [1.54, 1.807) is 12.1 Å². The van der Waals surface area contributed by atoms with Crippen molar-refractivity contribution in [2.24, 2.45) is 0 Å². The van der Waals surface area contributed by atoms with Crippen LogP contribution in [0.1, 0.15) is 22.6 Å². The highest BCUT2D eigenvalue weighted by Crippen LogP contribution is 2.23. The van der Waals surface area contributed by atoms with E-state index in [0.717, 1.165) is 28.6 Å². The van der Waals surface area contributed by atoms with Gasteiger partial charge in [0.1, 0.15) is 0 Å². The van der Waals surface area contributed by atoms with Gasteiger partial charge in [-0.05, 0) is 42.0 Å². The number of hydrogen-bond donors (Lipinski definition) is 1. The molecule has 6 heteroatoms. The number of rotatable bonds is 8. The third-order valence-electron chi connectivity index (χ3n) is 6.06. The van der Waals surface area contributed by atoms with Crippen LogP contribution in [-0.2, 0) is 29.2 Å². The molecule has 0 fully saturated rings. The van der Waals surface area contributed by atoms with Crippen LogP contribution in [0.15, 0.2) is 115 Å². The van der Waals surface area contributed by atoms with Crippen molar-refractivity contribution in [3.63, 3.8) is 0 Å². The van der Waals surface area contributed by atoms with Crippen LogP contribution in [0.3, 0.4) is 0 Å². The van der Waals surface area contributed by atoms with Gasteiger partial charge in [0.25, 0.3) is 0 Å². The lowest BCUT2D eigenvalue weighted by atomic mass is 9.98. The molecule has 6 nitrogen and oxygen atoms in total. The van der Waals surface area contributed by atoms with E-state index in [1.165, 1.54) is 6.08 Å². The van der Waals surface area contributed by atoms with Crippen molar-refractivity contribution in [2.45, 2.75) is 19.6 Å². The summed E-state index contributed by atoms with van der Waals surface area (Å²) in [6.07, 6.45) is 2.24. The molecule has 0 amide bonds. The predicted octanol–water partition coefficient (Wildman–Crippen LogP) is 5.32. The lowest BCUT2D eigenvalue weighted by molar-refractivity contribution is -0.115. The number of aromatic nitrogens is 2. The molecule has 37 heavy (non-hydrogen) atoms. The van der Waals surface area contributed by atoms with E-state index in [4.69, 9.17) is 4.98 Å². The second-order valence-electron chi connectivity index (χ2n) is 8.81. The van der Waals surface area contributed by atoms with Crippen LogP contribution in [0.2, 0.25) is 0 Å². The first-order chi connectivity index (χ1) is 18.1. The van der Waals surface area contributed by atoms with Gasteiger partial charge in [-0.15, -0.1) is 0 Å². The Bertz CT molecular complexity index is 1490. The van der Waals surface area contributed by atoms with E-state index in [0.29, 0.717) is 25.3 Å². The number of aliphatic hydroxyl groups is 1. The Morgan fingerprint density at radius 3 is 1.84 bits per heavy atom. The molecule has 1 N–H and O–H groups in total. The number of pyridine rings is 2. The maximum absolute atomic E-state index is 12.4. The van der Waals surface area contributed by atoms with Gasteiger partial charge in [-0.25, -0.2) is 0 Å². The minimum atomic E-state index is -0.600. The predicted molar refractivity (Wildman–Crippen MR) is 142 cm³/mol. The number of allylic oxidation sites excluding steroid dienone is 3. The summed E-state index contributed by atoms with van der Waals surface area (Å²) >= 11 is 0. The number of benzene rings is 2. The molecule has 2 heterocycles. The molecule has 0 radical (unpaired) electrons. The lowest BCUT2D eigenvalue weighted by Crippen LogP contribution is -2.24. The largest absolute Gasteiger partial charge is 0.504 e. The molecule has 182 valence electrons. The van der Waals surface area contributed by atoms with Crippen molar-refractivity contribution in [2.75, 3.05) is 0 Å². The summed E-state index contributed by atoms with van der Waals surface area (Å²) < 4.78 is 0. The number of ketones is 2. The Hall–Kier alpha value is -4.68. The summed E-state index contributed by atoms with van der Waals surface area (Å²) in [6.45, 7) is 1.72. The fourth-order valence-electron chi connectivity index (χ4n) is 4.31. The maximum Gasteiger partial charge on any atom is 0.221 e. The number of carbonyl (C=O) groups is 2. The monoisotopic (exact) mass is 487 g/mol. The zero-order valence-corrected chi connectivity index (χ0v) is 20.1. The van der Waals surface area contributed by atoms with Gasteiger partial charge in [0, 0.05) is 25.2 Å². The molecule has 0 atom stereocenters. The number of nitrogens with zero attached hydrogens (tertiary/aromatic N) is 3. The van der Waals surface area contributed by atoms with Crippen molar-refractivity contribution in [3.8, 4) is 11.3 Å². The van der Waals surface area contributed by atoms with Crippen LogP contribution in [0.5, 0.6) is 0 Å². The fraction of sp³-hybridized carbons (Fsp3) is 0.0968. The van der Waals surface area contributed by atoms with E-state index < -0.39 is 17.3 Å². The summed E-state index contributed by atoms with van der Waals surface area (Å²) in [4.78, 5) is 36.1. The van der Waals surface area contributed by atoms with Crippen LogP contribution in [0.25, 0.3) is 16.8 Å². The van der Waals surface area contributed by atoms with E-state index >= 15 is 0 Å². The van der Waals surface area contributed by atoms with Gasteiger partial charge in [-0.3, -0.25) is 24.5 Å². The Kier molecular flexibility index (Phi) is 7.10. The first-order valence-electron chi connectivity index (χ1n) is 12.0. The average Bonchev–Trinajstić information content (AvgIpc) is 2.92. The number of carbonyl (C=O) groups excluding carboxylic acids is 2. The van der Waals surface area contributed by atoms with Gasteiger partial charge in [0.05, 0.1) is 28.3 Å². The zero-order chi connectivity index (χ0) is 25.6. The van der Waals surface area contributed by atoms with E-state index in [-0.39, 0.29) is 11.3 Å². The van der Waals surface area contributed by atoms with Crippen LogP contribution in [-0.4, -0.2) is 31.5 Å². The average molecular weight is 488 g/mol. The van der Waals surface area contributed by atoms with Gasteiger partial charge >= 0.3 is 0 Å². The van der Waals surface area contributed by atoms with Crippen molar-refractivity contribution in [1.82, 2.24) is 14.9 Å². The van der Waals surface area contributed by atoms with Gasteiger partial charge in [-0.2, -0.15) is 0 Å². The quantitative estimate of drug-likeness (QED) is 0.339. The molecule has 5 rings (SSSR count). The van der Waals surface area contributed by atoms with Gasteiger partial charge < -0.3 is 5.11 Å². The normalized spacial score (nSPS) is 13.4. The summed E-state index contributed by atoms with van der Waals surface area (Å²) in [5.41, 5.74) is 4.96. The first-order valence-corrected chi connectivity index (χ1v) is 12.0. The highest BCUT2D eigenvalue weighted by molar-refractivity contribution is 6.34. The van der Waals surface area contributed by atoms with Crippen molar-refractivity contribution < 1.29 is 14.7 Å². The van der Waals surface area contributed by atoms with Crippen molar-refractivity contribution in [3.05, 3.63) is 138 Å². The molecule has 0 unspecified atom stereocenters. The van der Waals surface area contributed by atoms with Gasteiger partial charge in [0.15, 0.2) is 11.5 Å². The SMILES string of the molecule is O=C1C=CC(=O)C(c2cccc(CN(Cc3ccccc3)Cc3cccc(-c4ccccc4)n3)n2)=C1O. The molecule has 4 aromatic rings. The molecule has 0 bridgehead atoms. The van der Waals surface area contributed by atoms with E-state index in [9.17, 15) is 14.7 Å². The molecule has 1 aliphatic carbocycles.